The molecular weight excluding hydrogens is 253 g/mol. The predicted octanol–water partition coefficient (Wildman–Crippen LogP) is 1.62. The van der Waals surface area contributed by atoms with Crippen molar-refractivity contribution in [3.05, 3.63) is 12.3 Å². The Kier molecular flexibility index (Phi) is 1.58. The summed E-state index contributed by atoms with van der Waals surface area (Å²) in [7, 11) is -1.23. The summed E-state index contributed by atoms with van der Waals surface area (Å²) in [5.74, 6) is -1.06. The van der Waals surface area contributed by atoms with Gasteiger partial charge >= 0.3 is 7.12 Å². The molecule has 0 unspecified atom stereocenters. The Morgan fingerprint density at radius 3 is 2.35 bits per heavy atom. The highest BCUT2D eigenvalue weighted by atomic mass is 16.7. The van der Waals surface area contributed by atoms with Crippen LogP contribution in [0.15, 0.2) is 12.3 Å². The average Bonchev–Trinajstić information content (AvgIpc) is 2.75. The van der Waals surface area contributed by atoms with E-state index in [-0.39, 0.29) is 10.5 Å². The van der Waals surface area contributed by atoms with Crippen molar-refractivity contribution >= 4 is 18.5 Å². The molecule has 1 aliphatic rings. The number of hydrogen-bond donors (Lipinski definition) is 0. The quantitative estimate of drug-likeness (QED) is 0.788. The van der Waals surface area contributed by atoms with Gasteiger partial charge in [0.15, 0.2) is 0 Å². The lowest BCUT2D eigenvalue weighted by Gasteiger charge is -2.32. The molecule has 0 aliphatic carbocycles. The summed E-state index contributed by atoms with van der Waals surface area (Å²) in [4.78, 5) is 7.23. The van der Waals surface area contributed by atoms with Crippen LogP contribution >= 0.6 is 0 Å². The van der Waals surface area contributed by atoms with E-state index in [0.29, 0.717) is 0 Å². The fraction of sp³-hybridized carbons (Fsp3) is 0.714. The van der Waals surface area contributed by atoms with E-state index < -0.39 is 63.2 Å². The largest absolute Gasteiger partial charge is 0.516 e. The molecule has 2 heterocycles. The Morgan fingerprint density at radius 2 is 1.80 bits per heavy atom. The van der Waals surface area contributed by atoms with Crippen molar-refractivity contribution in [1.29, 1.82) is 0 Å². The molecule has 0 saturated carbocycles. The Labute approximate surface area is 138 Å². The second-order valence-electron chi connectivity index (χ2n) is 5.30. The molecule has 1 aliphatic heterocycles. The maximum atomic E-state index is 8.18. The third-order valence-electron chi connectivity index (χ3n) is 3.46. The Bertz CT molecular complexity index is 845. The van der Waals surface area contributed by atoms with E-state index >= 15 is 0 Å². The lowest BCUT2D eigenvalue weighted by molar-refractivity contribution is 0.00578. The summed E-state index contributed by atoms with van der Waals surface area (Å²) in [6.07, 6.45) is -1.67. The smallest absolute Gasteiger partial charge is 0.398 e. The molecule has 0 N–H and O–H groups in total. The predicted molar refractivity (Wildman–Crippen MR) is 81.3 cm³/mol. The highest BCUT2D eigenvalue weighted by Crippen LogP contribution is 2.36. The van der Waals surface area contributed by atoms with E-state index in [0.717, 1.165) is 0 Å². The fourth-order valence-electron chi connectivity index (χ4n) is 1.56. The minimum atomic E-state index is -3.62. The second-order valence-corrected chi connectivity index (χ2v) is 5.30. The van der Waals surface area contributed by atoms with Gasteiger partial charge in [-0.3, -0.25) is 4.98 Å². The van der Waals surface area contributed by atoms with E-state index in [4.69, 9.17) is 25.8 Å². The lowest BCUT2D eigenvalue weighted by Crippen LogP contribution is -2.41. The number of anilines is 1. The zero-order chi connectivity index (χ0) is 25.3. The van der Waals surface area contributed by atoms with Crippen molar-refractivity contribution < 1.29 is 25.8 Å². The molecule has 5 nitrogen and oxygen atoms in total. The van der Waals surface area contributed by atoms with E-state index in [1.165, 1.54) is 0 Å². The van der Waals surface area contributed by atoms with Crippen molar-refractivity contribution in [3.8, 4) is 0 Å². The number of hydrogen-bond acceptors (Lipinski definition) is 5. The summed E-state index contributed by atoms with van der Waals surface area (Å²) in [5.41, 5.74) is -1.92. The molecule has 110 valence electrons. The average molecular weight is 289 g/mol. The normalized spacial score (nSPS) is 31.7. The zero-order valence-corrected chi connectivity index (χ0v) is 11.7. The standard InChI is InChI=1S/C14H24BN3O2/c1-7-18(8-2)12-10-16-11(9-17-12)15-19-13(3,4)14(5,6)20-15/h9-10H,7-8H2,1-6H3/i1D3,2D3,7D2,8D2,9D,10D. The Morgan fingerprint density at radius 1 is 1.20 bits per heavy atom. The maximum Gasteiger partial charge on any atom is 0.516 e. The van der Waals surface area contributed by atoms with Crippen molar-refractivity contribution in [2.45, 2.75) is 52.6 Å². The third-order valence-corrected chi connectivity index (χ3v) is 3.46. The summed E-state index contributed by atoms with van der Waals surface area (Å²) in [6, 6.07) is 0. The van der Waals surface area contributed by atoms with Gasteiger partial charge in [-0.25, -0.2) is 4.98 Å². The summed E-state index contributed by atoms with van der Waals surface area (Å²) in [6.45, 7) is -7.37. The third kappa shape index (κ3) is 2.67. The SMILES string of the molecule is [2H]c1nc(N(C([2H])([2H])C([2H])([2H])[2H])C([2H])([2H])C([2H])([2H])[2H])c([2H])nc1B1OC(C)(C)C(C)(C)O1. The van der Waals surface area contributed by atoms with Crippen LogP contribution in [0, 0.1) is 0 Å². The van der Waals surface area contributed by atoms with Crippen LogP contribution in [0.4, 0.5) is 5.82 Å². The van der Waals surface area contributed by atoms with E-state index in [9.17, 15) is 0 Å². The maximum absolute atomic E-state index is 8.18. The van der Waals surface area contributed by atoms with Gasteiger partial charge in [0.1, 0.15) is 5.82 Å². The van der Waals surface area contributed by atoms with Crippen LogP contribution < -0.4 is 10.5 Å². The van der Waals surface area contributed by atoms with Crippen molar-refractivity contribution in [2.24, 2.45) is 0 Å². The highest BCUT2D eigenvalue weighted by molar-refractivity contribution is 6.61. The molecule has 0 bridgehead atoms. The first-order valence-electron chi connectivity index (χ1n) is 12.0. The molecule has 1 aromatic rings. The van der Waals surface area contributed by atoms with Crippen molar-refractivity contribution in [2.75, 3.05) is 17.9 Å². The molecular formula is C14H24BN3O2. The van der Waals surface area contributed by atoms with E-state index in [1.807, 2.05) is 0 Å². The molecule has 0 aromatic carbocycles. The van der Waals surface area contributed by atoms with Gasteiger partial charge in [0.2, 0.25) is 0 Å². The lowest BCUT2D eigenvalue weighted by atomic mass is 9.85. The minimum absolute atomic E-state index is 0.263. The molecule has 0 radical (unpaired) electrons. The number of aromatic nitrogens is 2. The first-order valence-corrected chi connectivity index (χ1v) is 5.98. The van der Waals surface area contributed by atoms with E-state index in [2.05, 4.69) is 9.97 Å². The van der Waals surface area contributed by atoms with E-state index in [1.54, 1.807) is 27.7 Å². The summed E-state index contributed by atoms with van der Waals surface area (Å²) < 4.78 is 105. The van der Waals surface area contributed by atoms with Crippen LogP contribution in [0.2, 0.25) is 0 Å². The molecule has 0 spiro atoms. The minimum Gasteiger partial charge on any atom is -0.398 e. The highest BCUT2D eigenvalue weighted by Gasteiger charge is 2.52. The molecule has 6 heteroatoms. The van der Waals surface area contributed by atoms with Gasteiger partial charge in [0, 0.05) is 32.9 Å². The first kappa shape index (κ1) is 5.93. The molecule has 20 heavy (non-hydrogen) atoms. The zero-order valence-electron chi connectivity index (χ0n) is 23.7. The first-order chi connectivity index (χ1) is 14.0. The molecule has 1 saturated heterocycles. The number of nitrogens with zero attached hydrogens (tertiary/aromatic N) is 3. The van der Waals surface area contributed by atoms with Gasteiger partial charge in [-0.05, 0) is 41.4 Å². The van der Waals surface area contributed by atoms with Crippen LogP contribution in [0.25, 0.3) is 0 Å². The Balaban J connectivity index is 2.69. The van der Waals surface area contributed by atoms with Gasteiger partial charge in [-0.1, -0.05) is 0 Å². The van der Waals surface area contributed by atoms with Crippen LogP contribution in [0.5, 0.6) is 0 Å². The number of rotatable bonds is 4. The van der Waals surface area contributed by atoms with Gasteiger partial charge in [0.25, 0.3) is 0 Å². The van der Waals surface area contributed by atoms with Gasteiger partial charge < -0.3 is 14.2 Å². The molecule has 0 atom stereocenters. The van der Waals surface area contributed by atoms with Gasteiger partial charge in [-0.15, -0.1) is 0 Å². The topological polar surface area (TPSA) is 47.5 Å². The molecule has 0 amide bonds. The summed E-state index contributed by atoms with van der Waals surface area (Å²) in [5, 5.41) is 0. The fourth-order valence-corrected chi connectivity index (χ4v) is 1.56. The summed E-state index contributed by atoms with van der Waals surface area (Å²) >= 11 is 0. The van der Waals surface area contributed by atoms with Crippen LogP contribution in [-0.2, 0) is 9.31 Å². The van der Waals surface area contributed by atoms with Gasteiger partial charge in [-0.2, -0.15) is 0 Å². The molecule has 1 fully saturated rings. The second kappa shape index (κ2) is 5.33. The van der Waals surface area contributed by atoms with Crippen LogP contribution in [-0.4, -0.2) is 41.3 Å². The van der Waals surface area contributed by atoms with Gasteiger partial charge in [0.05, 0.1) is 25.7 Å². The molecule has 2 rings (SSSR count). The molecule has 1 aromatic heterocycles. The Hall–Kier alpha value is -1.14. The van der Waals surface area contributed by atoms with Crippen molar-refractivity contribution in [3.63, 3.8) is 0 Å². The van der Waals surface area contributed by atoms with Crippen LogP contribution in [0.1, 0.15) is 57.8 Å². The van der Waals surface area contributed by atoms with Crippen molar-refractivity contribution in [1.82, 2.24) is 9.97 Å². The van der Waals surface area contributed by atoms with Crippen LogP contribution in [0.3, 0.4) is 0 Å². The monoisotopic (exact) mass is 289 g/mol.